The van der Waals surface area contributed by atoms with E-state index in [1.165, 1.54) is 0 Å². The Morgan fingerprint density at radius 2 is 2.10 bits per heavy atom. The van der Waals surface area contributed by atoms with Crippen molar-refractivity contribution < 1.29 is 9.53 Å². The summed E-state index contributed by atoms with van der Waals surface area (Å²) >= 11 is 5.97. The lowest BCUT2D eigenvalue weighted by Crippen LogP contribution is -2.25. The number of anilines is 1. The van der Waals surface area contributed by atoms with Gasteiger partial charge in [-0.2, -0.15) is 0 Å². The van der Waals surface area contributed by atoms with Gasteiger partial charge in [-0.1, -0.05) is 18.5 Å². The number of carbonyl (C=O) groups is 1. The summed E-state index contributed by atoms with van der Waals surface area (Å²) in [6.45, 7) is 4.27. The first-order valence-electron chi connectivity index (χ1n) is 6.99. The number of ether oxygens (including phenoxy) is 1. The molecule has 1 aromatic carbocycles. The Bertz CT molecular complexity index is 424. The Kier molecular flexibility index (Phi) is 8.07. The largest absolute Gasteiger partial charge is 0.385 e. The first-order valence-corrected chi connectivity index (χ1v) is 7.37. The summed E-state index contributed by atoms with van der Waals surface area (Å²) in [5, 5.41) is 6.72. The third kappa shape index (κ3) is 5.80. The van der Waals surface area contributed by atoms with Crippen molar-refractivity contribution in [3.63, 3.8) is 0 Å². The van der Waals surface area contributed by atoms with Crippen LogP contribution in [0.4, 0.5) is 5.69 Å². The number of unbranched alkanes of at least 4 members (excludes halogenated alkanes) is 1. The number of methoxy groups -OCH3 is 1. The molecule has 20 heavy (non-hydrogen) atoms. The van der Waals surface area contributed by atoms with E-state index in [0.29, 0.717) is 17.1 Å². The first kappa shape index (κ1) is 16.8. The van der Waals surface area contributed by atoms with Crippen LogP contribution >= 0.6 is 11.6 Å². The molecule has 0 fully saturated rings. The molecule has 0 aromatic heterocycles. The second kappa shape index (κ2) is 9.61. The smallest absolute Gasteiger partial charge is 0.253 e. The van der Waals surface area contributed by atoms with Gasteiger partial charge in [0.15, 0.2) is 0 Å². The Morgan fingerprint density at radius 1 is 1.30 bits per heavy atom. The zero-order valence-corrected chi connectivity index (χ0v) is 12.9. The molecular weight excluding hydrogens is 276 g/mol. The van der Waals surface area contributed by atoms with Crippen LogP contribution in [0.3, 0.4) is 0 Å². The van der Waals surface area contributed by atoms with Crippen LogP contribution in [0, 0.1) is 0 Å². The number of halogens is 1. The minimum atomic E-state index is -0.0940. The molecule has 0 radical (unpaired) electrons. The van der Waals surface area contributed by atoms with Crippen LogP contribution in [0.15, 0.2) is 18.2 Å². The molecule has 0 bridgehead atoms. The fourth-order valence-corrected chi connectivity index (χ4v) is 1.96. The van der Waals surface area contributed by atoms with E-state index in [2.05, 4.69) is 17.6 Å². The molecular formula is C15H23ClN2O2. The minimum Gasteiger partial charge on any atom is -0.385 e. The van der Waals surface area contributed by atoms with E-state index in [9.17, 15) is 4.79 Å². The van der Waals surface area contributed by atoms with Crippen molar-refractivity contribution in [3.8, 4) is 0 Å². The second-order valence-corrected chi connectivity index (χ2v) is 5.01. The van der Waals surface area contributed by atoms with Crippen LogP contribution in [0.25, 0.3) is 0 Å². The van der Waals surface area contributed by atoms with Gasteiger partial charge in [-0.3, -0.25) is 4.79 Å². The van der Waals surface area contributed by atoms with E-state index in [4.69, 9.17) is 16.3 Å². The molecule has 4 nitrogen and oxygen atoms in total. The molecule has 0 unspecified atom stereocenters. The number of benzene rings is 1. The van der Waals surface area contributed by atoms with Gasteiger partial charge in [0.25, 0.3) is 5.91 Å². The van der Waals surface area contributed by atoms with Gasteiger partial charge in [0.05, 0.1) is 5.56 Å². The number of nitrogens with one attached hydrogen (secondary N) is 2. The predicted molar refractivity (Wildman–Crippen MR) is 83.7 cm³/mol. The molecule has 0 saturated carbocycles. The number of amides is 1. The van der Waals surface area contributed by atoms with Gasteiger partial charge in [0.2, 0.25) is 0 Å². The van der Waals surface area contributed by atoms with Crippen LogP contribution in [0.1, 0.15) is 36.5 Å². The molecule has 0 spiro atoms. The van der Waals surface area contributed by atoms with Crippen LogP contribution in [0.2, 0.25) is 5.02 Å². The van der Waals surface area contributed by atoms with Crippen LogP contribution in [0.5, 0.6) is 0 Å². The molecule has 0 atom stereocenters. The van der Waals surface area contributed by atoms with Crippen LogP contribution < -0.4 is 10.6 Å². The van der Waals surface area contributed by atoms with Gasteiger partial charge in [-0.15, -0.1) is 0 Å². The van der Waals surface area contributed by atoms with Crippen molar-refractivity contribution in [2.75, 3.05) is 32.1 Å². The summed E-state index contributed by atoms with van der Waals surface area (Å²) in [5.74, 6) is -0.0940. The maximum absolute atomic E-state index is 12.2. The summed E-state index contributed by atoms with van der Waals surface area (Å²) in [4.78, 5) is 12.2. The van der Waals surface area contributed by atoms with E-state index < -0.39 is 0 Å². The van der Waals surface area contributed by atoms with Crippen molar-refractivity contribution >= 4 is 23.2 Å². The Labute approximate surface area is 125 Å². The second-order valence-electron chi connectivity index (χ2n) is 4.57. The summed E-state index contributed by atoms with van der Waals surface area (Å²) in [6.07, 6.45) is 2.84. The average Bonchev–Trinajstić information content (AvgIpc) is 2.45. The number of hydrogen-bond donors (Lipinski definition) is 2. The molecule has 2 N–H and O–H groups in total. The van der Waals surface area contributed by atoms with Crippen LogP contribution in [-0.4, -0.2) is 32.7 Å². The summed E-state index contributed by atoms with van der Waals surface area (Å²) in [6, 6.07) is 5.33. The Balaban J connectivity index is 2.58. The molecule has 5 heteroatoms. The number of rotatable bonds is 9. The third-order valence-electron chi connectivity index (χ3n) is 2.85. The van der Waals surface area contributed by atoms with E-state index in [1.807, 2.05) is 6.07 Å². The molecule has 112 valence electrons. The van der Waals surface area contributed by atoms with Crippen molar-refractivity contribution in [1.82, 2.24) is 5.32 Å². The SMILES string of the molecule is CCCNc1ccc(Cl)cc1C(=O)NCCCCOC. The summed E-state index contributed by atoms with van der Waals surface area (Å²) < 4.78 is 4.97. The van der Waals surface area contributed by atoms with Gasteiger partial charge in [0, 0.05) is 37.5 Å². The fraction of sp³-hybridized carbons (Fsp3) is 0.533. The lowest BCUT2D eigenvalue weighted by Gasteiger charge is -2.12. The molecule has 0 heterocycles. The normalized spacial score (nSPS) is 10.3. The van der Waals surface area contributed by atoms with Gasteiger partial charge in [0.1, 0.15) is 0 Å². The standard InChI is InChI=1S/C15H23ClN2O2/c1-3-8-17-14-7-6-12(16)11-13(14)15(19)18-9-4-5-10-20-2/h6-7,11,17H,3-5,8-10H2,1-2H3,(H,18,19). The highest BCUT2D eigenvalue weighted by atomic mass is 35.5. The summed E-state index contributed by atoms with van der Waals surface area (Å²) in [5.41, 5.74) is 1.42. The van der Waals surface area contributed by atoms with Gasteiger partial charge >= 0.3 is 0 Å². The predicted octanol–water partition coefficient (Wildman–Crippen LogP) is 3.32. The molecule has 0 aliphatic carbocycles. The van der Waals surface area contributed by atoms with E-state index in [1.54, 1.807) is 19.2 Å². The van der Waals surface area contributed by atoms with Crippen LogP contribution in [-0.2, 0) is 4.74 Å². The molecule has 0 aliphatic heterocycles. The molecule has 1 amide bonds. The third-order valence-corrected chi connectivity index (χ3v) is 3.09. The highest BCUT2D eigenvalue weighted by Gasteiger charge is 2.11. The molecule has 0 aliphatic rings. The minimum absolute atomic E-state index is 0.0940. The summed E-state index contributed by atoms with van der Waals surface area (Å²) in [7, 11) is 1.68. The highest BCUT2D eigenvalue weighted by molar-refractivity contribution is 6.31. The van der Waals surface area contributed by atoms with E-state index in [0.717, 1.165) is 38.1 Å². The van der Waals surface area contributed by atoms with Crippen molar-refractivity contribution in [3.05, 3.63) is 28.8 Å². The highest BCUT2D eigenvalue weighted by Crippen LogP contribution is 2.20. The Hall–Kier alpha value is -1.26. The monoisotopic (exact) mass is 298 g/mol. The maximum atomic E-state index is 12.2. The molecule has 1 aromatic rings. The maximum Gasteiger partial charge on any atom is 0.253 e. The fourth-order valence-electron chi connectivity index (χ4n) is 1.79. The quantitative estimate of drug-likeness (QED) is 0.688. The van der Waals surface area contributed by atoms with E-state index >= 15 is 0 Å². The zero-order chi connectivity index (χ0) is 14.8. The van der Waals surface area contributed by atoms with Crippen molar-refractivity contribution in [2.45, 2.75) is 26.2 Å². The number of carbonyl (C=O) groups excluding carboxylic acids is 1. The average molecular weight is 299 g/mol. The number of hydrogen-bond acceptors (Lipinski definition) is 3. The van der Waals surface area contributed by atoms with Gasteiger partial charge in [-0.25, -0.2) is 0 Å². The molecule has 1 rings (SSSR count). The first-order chi connectivity index (χ1) is 9.69. The van der Waals surface area contributed by atoms with Gasteiger partial charge in [-0.05, 0) is 37.5 Å². The van der Waals surface area contributed by atoms with Crippen molar-refractivity contribution in [2.24, 2.45) is 0 Å². The molecule has 0 saturated heterocycles. The van der Waals surface area contributed by atoms with E-state index in [-0.39, 0.29) is 5.91 Å². The topological polar surface area (TPSA) is 50.4 Å². The van der Waals surface area contributed by atoms with Crippen molar-refractivity contribution in [1.29, 1.82) is 0 Å². The lowest BCUT2D eigenvalue weighted by molar-refractivity contribution is 0.0952. The Morgan fingerprint density at radius 3 is 2.80 bits per heavy atom. The lowest BCUT2D eigenvalue weighted by atomic mass is 10.1. The zero-order valence-electron chi connectivity index (χ0n) is 12.2. The van der Waals surface area contributed by atoms with Gasteiger partial charge < -0.3 is 15.4 Å².